The van der Waals surface area contributed by atoms with Crippen molar-refractivity contribution in [3.8, 4) is 6.07 Å². The molecule has 5 atom stereocenters. The highest BCUT2D eigenvalue weighted by molar-refractivity contribution is 6.01. The maximum absolute atomic E-state index is 14.3. The van der Waals surface area contributed by atoms with Crippen molar-refractivity contribution in [3.63, 3.8) is 0 Å². The highest BCUT2D eigenvalue weighted by Crippen LogP contribution is 2.50. The van der Waals surface area contributed by atoms with Crippen LogP contribution in [0, 0.1) is 34.9 Å². The zero-order valence-corrected chi connectivity index (χ0v) is 20.7. The van der Waals surface area contributed by atoms with Crippen molar-refractivity contribution in [3.05, 3.63) is 35.3 Å². The van der Waals surface area contributed by atoms with Crippen LogP contribution in [0.3, 0.4) is 0 Å². The number of hydrogen-bond donors (Lipinski definition) is 3. The van der Waals surface area contributed by atoms with Gasteiger partial charge in [-0.25, -0.2) is 22.0 Å². The van der Waals surface area contributed by atoms with Gasteiger partial charge in [0.2, 0.25) is 17.7 Å². The third kappa shape index (κ3) is 5.16. The minimum atomic E-state index is -3.03. The van der Waals surface area contributed by atoms with E-state index in [1.165, 1.54) is 0 Å². The first kappa shape index (κ1) is 26.9. The molecule has 1 aromatic heterocycles. The third-order valence-electron chi connectivity index (χ3n) is 7.99. The molecule has 2 aliphatic heterocycles. The van der Waals surface area contributed by atoms with Crippen LogP contribution in [0.1, 0.15) is 54.6 Å². The number of rotatable bonds is 6. The molecule has 1 saturated carbocycles. The summed E-state index contributed by atoms with van der Waals surface area (Å²) in [5.74, 6) is -7.85. The Bertz CT molecular complexity index is 1360. The van der Waals surface area contributed by atoms with E-state index in [2.05, 4.69) is 15.6 Å². The average Bonchev–Trinajstić information content (AvgIpc) is 3.53. The van der Waals surface area contributed by atoms with E-state index in [1.807, 2.05) is 6.07 Å². The van der Waals surface area contributed by atoms with E-state index in [0.29, 0.717) is 25.5 Å². The number of carbonyl (C=O) groups excluding carboxylic acids is 3. The fraction of sp³-hybridized carbons (Fsp3) is 0.538. The minimum absolute atomic E-state index is 0.0307. The monoisotopic (exact) mass is 551 g/mol. The molecule has 0 spiro atoms. The van der Waals surface area contributed by atoms with E-state index >= 15 is 0 Å². The molecule has 39 heavy (non-hydrogen) atoms. The first-order valence-electron chi connectivity index (χ1n) is 12.7. The summed E-state index contributed by atoms with van der Waals surface area (Å²) in [5, 5.41) is 14.8. The summed E-state index contributed by atoms with van der Waals surface area (Å²) < 4.78 is 69.4. The number of fused-ring (bicyclic) bond motifs is 2. The largest absolute Gasteiger partial charge is 0.356 e. The van der Waals surface area contributed by atoms with E-state index < -0.39 is 78.2 Å². The quantitative estimate of drug-likeness (QED) is 0.475. The summed E-state index contributed by atoms with van der Waals surface area (Å²) in [6.07, 6.45) is -2.88. The number of H-pyrrole nitrogens is 1. The van der Waals surface area contributed by atoms with Gasteiger partial charge >= 0.3 is 0 Å². The fourth-order valence-corrected chi connectivity index (χ4v) is 6.27. The summed E-state index contributed by atoms with van der Waals surface area (Å²) in [6.45, 7) is 0.347. The van der Waals surface area contributed by atoms with Crippen molar-refractivity contribution in [2.24, 2.45) is 17.8 Å². The van der Waals surface area contributed by atoms with Crippen molar-refractivity contribution in [2.45, 2.75) is 56.5 Å². The Balaban J connectivity index is 1.41. The average molecular weight is 552 g/mol. The van der Waals surface area contributed by atoms with Crippen molar-refractivity contribution >= 4 is 28.6 Å². The summed E-state index contributed by atoms with van der Waals surface area (Å²) in [6, 6.07) is 2.27. The standard InChI is InChI=1S/C26H26F5N5O3/c27-14-5-17(22(28)29)16-7-20(35-19(16)6-14)25(39)36-11-13-8-26(30,31)9-18(13)21(36)24(38)34-15(10-32)4-12-2-1-3-33-23(12)37/h5-7,12-13,15,18,21-22,35H,1-4,8-9,11H2,(H,33,37)(H,34,38)/t12-,13+,15+,18+,21-/m0/s1. The van der Waals surface area contributed by atoms with Crippen LogP contribution in [0.5, 0.6) is 0 Å². The molecule has 5 rings (SSSR count). The number of halogens is 5. The van der Waals surface area contributed by atoms with Crippen LogP contribution in [0.25, 0.3) is 10.9 Å². The Morgan fingerprint density at radius 3 is 2.69 bits per heavy atom. The fourth-order valence-electron chi connectivity index (χ4n) is 6.27. The van der Waals surface area contributed by atoms with E-state index in [1.54, 1.807) is 0 Å². The number of benzene rings is 1. The topological polar surface area (TPSA) is 118 Å². The Hall–Kier alpha value is -3.69. The molecule has 1 aromatic carbocycles. The molecule has 13 heteroatoms. The van der Waals surface area contributed by atoms with Crippen LogP contribution < -0.4 is 10.6 Å². The lowest BCUT2D eigenvalue weighted by atomic mass is 9.90. The van der Waals surface area contributed by atoms with Crippen LogP contribution in [0.4, 0.5) is 22.0 Å². The normalized spacial score (nSPS) is 26.8. The molecule has 0 radical (unpaired) electrons. The van der Waals surface area contributed by atoms with Gasteiger partial charge in [0, 0.05) is 48.3 Å². The van der Waals surface area contributed by atoms with Crippen molar-refractivity contribution in [2.75, 3.05) is 13.1 Å². The number of nitrogens with one attached hydrogen (secondary N) is 3. The number of carbonyl (C=O) groups is 3. The summed E-state index contributed by atoms with van der Waals surface area (Å²) in [4.78, 5) is 42.8. The number of nitrogens with zero attached hydrogens (tertiary/aromatic N) is 2. The van der Waals surface area contributed by atoms with Gasteiger partial charge in [0.1, 0.15) is 23.6 Å². The number of nitriles is 1. The number of aromatic nitrogens is 1. The molecular formula is C26H26F5N5O3. The number of amides is 3. The van der Waals surface area contributed by atoms with Crippen LogP contribution >= 0.6 is 0 Å². The first-order chi connectivity index (χ1) is 18.5. The van der Waals surface area contributed by atoms with E-state index in [-0.39, 0.29) is 35.5 Å². The van der Waals surface area contributed by atoms with Gasteiger partial charge in [0.05, 0.1) is 6.07 Å². The SMILES string of the molecule is N#C[C@@H](C[C@@H]1CCCNC1=O)NC(=O)[C@@H]1[C@@H]2CC(F)(F)C[C@@H]2CN1C(=O)c1cc2c(C(F)F)cc(F)cc2[nH]1. The van der Waals surface area contributed by atoms with Gasteiger partial charge in [-0.2, -0.15) is 5.26 Å². The number of hydrogen-bond acceptors (Lipinski definition) is 4. The lowest BCUT2D eigenvalue weighted by molar-refractivity contribution is -0.129. The van der Waals surface area contributed by atoms with Gasteiger partial charge < -0.3 is 20.5 Å². The Morgan fingerprint density at radius 2 is 2.00 bits per heavy atom. The van der Waals surface area contributed by atoms with Gasteiger partial charge in [-0.15, -0.1) is 0 Å². The van der Waals surface area contributed by atoms with Gasteiger partial charge in [-0.1, -0.05) is 0 Å². The maximum atomic E-state index is 14.3. The van der Waals surface area contributed by atoms with Crippen LogP contribution in [0.15, 0.2) is 18.2 Å². The molecule has 8 nitrogen and oxygen atoms in total. The molecule has 1 aliphatic carbocycles. The lowest BCUT2D eigenvalue weighted by Gasteiger charge is -2.29. The molecular weight excluding hydrogens is 525 g/mol. The molecule has 3 heterocycles. The van der Waals surface area contributed by atoms with Crippen LogP contribution in [-0.4, -0.2) is 58.7 Å². The molecule has 3 fully saturated rings. The number of alkyl halides is 4. The highest BCUT2D eigenvalue weighted by Gasteiger charge is 2.58. The smallest absolute Gasteiger partial charge is 0.271 e. The second-order valence-electron chi connectivity index (χ2n) is 10.6. The summed E-state index contributed by atoms with van der Waals surface area (Å²) in [7, 11) is 0. The maximum Gasteiger partial charge on any atom is 0.271 e. The van der Waals surface area contributed by atoms with Gasteiger partial charge in [0.15, 0.2) is 0 Å². The van der Waals surface area contributed by atoms with Crippen molar-refractivity contribution < 1.29 is 36.3 Å². The molecule has 0 bridgehead atoms. The molecule has 2 saturated heterocycles. The minimum Gasteiger partial charge on any atom is -0.356 e. The molecule has 0 unspecified atom stereocenters. The third-order valence-corrected chi connectivity index (χ3v) is 7.99. The first-order valence-corrected chi connectivity index (χ1v) is 12.7. The summed E-state index contributed by atoms with van der Waals surface area (Å²) in [5.41, 5.74) is -0.857. The Labute approximate surface area is 219 Å². The molecule has 208 valence electrons. The zero-order chi connectivity index (χ0) is 28.1. The van der Waals surface area contributed by atoms with Crippen LogP contribution in [0.2, 0.25) is 0 Å². The second-order valence-corrected chi connectivity index (χ2v) is 10.6. The predicted molar refractivity (Wildman–Crippen MR) is 127 cm³/mol. The lowest BCUT2D eigenvalue weighted by Crippen LogP contribution is -2.52. The van der Waals surface area contributed by atoms with E-state index in [9.17, 15) is 41.6 Å². The Kier molecular flexibility index (Phi) is 6.99. The predicted octanol–water partition coefficient (Wildman–Crippen LogP) is 3.66. The molecule has 2 aromatic rings. The van der Waals surface area contributed by atoms with Gasteiger partial charge in [-0.3, -0.25) is 14.4 Å². The number of piperidine rings is 1. The van der Waals surface area contributed by atoms with E-state index in [0.717, 1.165) is 17.0 Å². The highest BCUT2D eigenvalue weighted by atomic mass is 19.3. The summed E-state index contributed by atoms with van der Waals surface area (Å²) >= 11 is 0. The zero-order valence-electron chi connectivity index (χ0n) is 20.7. The molecule has 3 amide bonds. The van der Waals surface area contributed by atoms with E-state index in [4.69, 9.17) is 0 Å². The second kappa shape index (κ2) is 10.1. The number of aromatic amines is 1. The van der Waals surface area contributed by atoms with Crippen LogP contribution in [-0.2, 0) is 9.59 Å². The van der Waals surface area contributed by atoms with Crippen molar-refractivity contribution in [1.29, 1.82) is 5.26 Å². The molecule has 3 N–H and O–H groups in total. The van der Waals surface area contributed by atoms with Gasteiger partial charge in [-0.05, 0) is 49.3 Å². The van der Waals surface area contributed by atoms with Gasteiger partial charge in [0.25, 0.3) is 12.3 Å². The van der Waals surface area contributed by atoms with Crippen molar-refractivity contribution in [1.82, 2.24) is 20.5 Å². The Morgan fingerprint density at radius 1 is 1.23 bits per heavy atom. The number of likely N-dealkylation sites (tertiary alicyclic amines) is 1. The molecule has 3 aliphatic rings.